The molecular formula is C25H32FN3O3. The highest BCUT2D eigenvalue weighted by Gasteiger charge is 2.52. The van der Waals surface area contributed by atoms with Crippen molar-refractivity contribution in [2.45, 2.75) is 57.3 Å². The predicted molar refractivity (Wildman–Crippen MR) is 120 cm³/mol. The number of benzene rings is 1. The van der Waals surface area contributed by atoms with Crippen LogP contribution in [0.3, 0.4) is 0 Å². The second-order valence-corrected chi connectivity index (χ2v) is 9.22. The van der Waals surface area contributed by atoms with E-state index in [1.807, 2.05) is 19.1 Å². The van der Waals surface area contributed by atoms with Crippen molar-refractivity contribution in [1.82, 2.24) is 10.3 Å². The molecule has 1 amide bonds. The number of nitrogens with one attached hydrogen (secondary N) is 1. The molecule has 1 aromatic carbocycles. The molecule has 0 radical (unpaired) electrons. The van der Waals surface area contributed by atoms with Gasteiger partial charge in [0.1, 0.15) is 18.1 Å². The highest BCUT2D eigenvalue weighted by Crippen LogP contribution is 2.57. The average molecular weight is 442 g/mol. The third kappa shape index (κ3) is 4.58. The number of nitrogens with two attached hydrogens (primary N) is 1. The van der Waals surface area contributed by atoms with Gasteiger partial charge in [0.25, 0.3) is 0 Å². The molecule has 7 heteroatoms. The lowest BCUT2D eigenvalue weighted by Gasteiger charge is -2.52. The van der Waals surface area contributed by atoms with E-state index in [4.69, 9.17) is 14.9 Å². The molecule has 3 fully saturated rings. The number of oxazole rings is 1. The molecule has 3 aliphatic rings. The van der Waals surface area contributed by atoms with Crippen molar-refractivity contribution in [3.05, 3.63) is 59.6 Å². The van der Waals surface area contributed by atoms with Gasteiger partial charge in [0.15, 0.2) is 5.89 Å². The summed E-state index contributed by atoms with van der Waals surface area (Å²) < 4.78 is 23.8. The van der Waals surface area contributed by atoms with E-state index < -0.39 is 0 Å². The first kappa shape index (κ1) is 22.5. The van der Waals surface area contributed by atoms with E-state index in [2.05, 4.69) is 22.4 Å². The molecule has 6 nitrogen and oxygen atoms in total. The molecule has 1 heterocycles. The second kappa shape index (κ2) is 9.45. The number of halogens is 1. The zero-order valence-corrected chi connectivity index (χ0v) is 18.7. The number of rotatable bonds is 9. The molecule has 2 aromatic rings. The number of aryl methyl sites for hydroxylation is 1. The third-order valence-electron chi connectivity index (χ3n) is 7.33. The highest BCUT2D eigenvalue weighted by molar-refractivity contribution is 5.83. The Labute approximate surface area is 188 Å². The summed E-state index contributed by atoms with van der Waals surface area (Å²) in [5.41, 5.74) is 7.10. The summed E-state index contributed by atoms with van der Waals surface area (Å²) in [5, 5.41) is 3.12. The van der Waals surface area contributed by atoms with E-state index >= 15 is 0 Å². The average Bonchev–Trinajstić information content (AvgIpc) is 3.26. The Hall–Kier alpha value is -2.67. The van der Waals surface area contributed by atoms with Gasteiger partial charge in [-0.1, -0.05) is 12.1 Å². The standard InChI is InChI=1S/C25H32FN3O3/c1-18-16-29-22(32-18)6-13-28-23(30)25-10-7-24(8-11-25,9-12-25)20-2-4-21(5-3-20)31-17-19(14-26)15-27/h2-5,14,16H,6-13,15,17,27H2,1H3,(H,28,30)/b19-14+. The number of hydrogen-bond acceptors (Lipinski definition) is 5. The van der Waals surface area contributed by atoms with Crippen molar-refractivity contribution < 1.29 is 18.3 Å². The number of hydrogen-bond donors (Lipinski definition) is 2. The van der Waals surface area contributed by atoms with Crippen LogP contribution in [0.1, 0.15) is 55.7 Å². The summed E-state index contributed by atoms with van der Waals surface area (Å²) in [6.07, 6.45) is 8.61. The number of ether oxygens (including phenoxy) is 1. The molecule has 3 N–H and O–H groups in total. The zero-order valence-electron chi connectivity index (χ0n) is 18.7. The van der Waals surface area contributed by atoms with Crippen LogP contribution in [0.5, 0.6) is 5.75 Å². The molecule has 0 saturated heterocycles. The van der Waals surface area contributed by atoms with Crippen LogP contribution < -0.4 is 15.8 Å². The van der Waals surface area contributed by atoms with Gasteiger partial charge in [0.05, 0.1) is 12.5 Å². The van der Waals surface area contributed by atoms with Crippen molar-refractivity contribution >= 4 is 5.91 Å². The van der Waals surface area contributed by atoms with Crippen molar-refractivity contribution in [2.75, 3.05) is 19.7 Å². The fourth-order valence-electron chi connectivity index (χ4n) is 5.16. The van der Waals surface area contributed by atoms with E-state index in [9.17, 15) is 9.18 Å². The van der Waals surface area contributed by atoms with Crippen LogP contribution in [0.4, 0.5) is 4.39 Å². The van der Waals surface area contributed by atoms with Crippen LogP contribution in [0.15, 0.2) is 46.8 Å². The van der Waals surface area contributed by atoms with E-state index in [-0.39, 0.29) is 29.9 Å². The normalized spacial score (nSPS) is 25.0. The fourth-order valence-corrected chi connectivity index (χ4v) is 5.16. The first-order chi connectivity index (χ1) is 15.5. The van der Waals surface area contributed by atoms with Crippen LogP contribution >= 0.6 is 0 Å². The van der Waals surface area contributed by atoms with Gasteiger partial charge in [-0.3, -0.25) is 4.79 Å². The number of aromatic nitrogens is 1. The number of nitrogens with zero attached hydrogens (tertiary/aromatic N) is 1. The van der Waals surface area contributed by atoms with Crippen LogP contribution in [0, 0.1) is 12.3 Å². The van der Waals surface area contributed by atoms with Gasteiger partial charge in [-0.05, 0) is 68.6 Å². The Kier molecular flexibility index (Phi) is 6.65. The van der Waals surface area contributed by atoms with Gasteiger partial charge in [-0.25, -0.2) is 9.37 Å². The lowest BCUT2D eigenvalue weighted by molar-refractivity contribution is -0.137. The molecule has 3 saturated carbocycles. The molecule has 3 aliphatic carbocycles. The molecule has 172 valence electrons. The third-order valence-corrected chi connectivity index (χ3v) is 7.33. The summed E-state index contributed by atoms with van der Waals surface area (Å²) in [4.78, 5) is 17.2. The first-order valence-corrected chi connectivity index (χ1v) is 11.4. The predicted octanol–water partition coefficient (Wildman–Crippen LogP) is 4.12. The molecule has 0 atom stereocenters. The summed E-state index contributed by atoms with van der Waals surface area (Å²) in [5.74, 6) is 2.34. The molecule has 32 heavy (non-hydrogen) atoms. The monoisotopic (exact) mass is 441 g/mol. The largest absolute Gasteiger partial charge is 0.489 e. The summed E-state index contributed by atoms with van der Waals surface area (Å²) in [6, 6.07) is 8.13. The minimum absolute atomic E-state index is 0.136. The van der Waals surface area contributed by atoms with Gasteiger partial charge in [0, 0.05) is 30.5 Å². The van der Waals surface area contributed by atoms with E-state index in [1.54, 1.807) is 6.20 Å². The highest BCUT2D eigenvalue weighted by atomic mass is 19.1. The Bertz CT molecular complexity index is 943. The molecule has 2 bridgehead atoms. The Morgan fingerprint density at radius 3 is 2.47 bits per heavy atom. The summed E-state index contributed by atoms with van der Waals surface area (Å²) in [6.45, 7) is 2.72. The summed E-state index contributed by atoms with van der Waals surface area (Å²) in [7, 11) is 0. The van der Waals surface area contributed by atoms with Crippen LogP contribution in [-0.4, -0.2) is 30.6 Å². The Morgan fingerprint density at radius 1 is 1.22 bits per heavy atom. The number of fused-ring (bicyclic) bond motifs is 3. The topological polar surface area (TPSA) is 90.4 Å². The van der Waals surface area contributed by atoms with Crippen molar-refractivity contribution in [3.63, 3.8) is 0 Å². The maximum absolute atomic E-state index is 13.0. The van der Waals surface area contributed by atoms with E-state index in [1.165, 1.54) is 5.56 Å². The quantitative estimate of drug-likeness (QED) is 0.611. The summed E-state index contributed by atoms with van der Waals surface area (Å²) >= 11 is 0. The van der Waals surface area contributed by atoms with Gasteiger partial charge >= 0.3 is 0 Å². The maximum atomic E-state index is 13.0. The van der Waals surface area contributed by atoms with Gasteiger partial charge in [0.2, 0.25) is 5.91 Å². The van der Waals surface area contributed by atoms with Gasteiger partial charge in [-0.15, -0.1) is 0 Å². The molecule has 0 unspecified atom stereocenters. The zero-order chi connectivity index (χ0) is 22.6. The minimum Gasteiger partial charge on any atom is -0.489 e. The SMILES string of the molecule is Cc1cnc(CCNC(=O)C23CCC(c4ccc(OC/C(=C/F)CN)cc4)(CC2)CC3)o1. The molecule has 0 aliphatic heterocycles. The van der Waals surface area contributed by atoms with Crippen LogP contribution in [0.25, 0.3) is 0 Å². The van der Waals surface area contributed by atoms with Crippen molar-refractivity contribution in [2.24, 2.45) is 11.1 Å². The number of carbonyl (C=O) groups is 1. The molecule has 5 rings (SSSR count). The second-order valence-electron chi connectivity index (χ2n) is 9.22. The number of carbonyl (C=O) groups excluding carboxylic acids is 1. The lowest BCUT2D eigenvalue weighted by Crippen LogP contribution is -2.51. The molecular weight excluding hydrogens is 409 g/mol. The molecule has 0 spiro atoms. The Morgan fingerprint density at radius 2 is 1.91 bits per heavy atom. The van der Waals surface area contributed by atoms with Gasteiger partial charge in [-0.2, -0.15) is 0 Å². The minimum atomic E-state index is -0.241. The van der Waals surface area contributed by atoms with Crippen molar-refractivity contribution in [3.8, 4) is 5.75 Å². The smallest absolute Gasteiger partial charge is 0.226 e. The van der Waals surface area contributed by atoms with Crippen molar-refractivity contribution in [1.29, 1.82) is 0 Å². The maximum Gasteiger partial charge on any atom is 0.226 e. The Balaban J connectivity index is 1.31. The number of amides is 1. The molecule has 1 aromatic heterocycles. The lowest BCUT2D eigenvalue weighted by atomic mass is 9.51. The van der Waals surface area contributed by atoms with E-state index in [0.29, 0.717) is 36.5 Å². The first-order valence-electron chi connectivity index (χ1n) is 11.4. The van der Waals surface area contributed by atoms with E-state index in [0.717, 1.165) is 44.3 Å². The fraction of sp³-hybridized carbons (Fsp3) is 0.520. The van der Waals surface area contributed by atoms with Crippen LogP contribution in [0.2, 0.25) is 0 Å². The van der Waals surface area contributed by atoms with Gasteiger partial charge < -0.3 is 20.2 Å². The van der Waals surface area contributed by atoms with Crippen LogP contribution in [-0.2, 0) is 16.6 Å².